The van der Waals surface area contributed by atoms with E-state index in [1.807, 2.05) is 0 Å². The highest BCUT2D eigenvalue weighted by Gasteiger charge is 2.33. The Morgan fingerprint density at radius 2 is 1.88 bits per heavy atom. The van der Waals surface area contributed by atoms with Crippen LogP contribution in [0.4, 0.5) is 30.4 Å². The second kappa shape index (κ2) is 6.51. The third-order valence-corrected chi connectivity index (χ3v) is 4.00. The lowest BCUT2D eigenvalue weighted by molar-refractivity contribution is -0.137. The molecule has 126 valence electrons. The lowest BCUT2D eigenvalue weighted by atomic mass is 9.85. The number of para-hydroxylation sites is 1. The number of amides is 1. The first-order chi connectivity index (χ1) is 11.4. The van der Waals surface area contributed by atoms with E-state index in [0.29, 0.717) is 11.5 Å². The summed E-state index contributed by atoms with van der Waals surface area (Å²) in [7, 11) is 0. The zero-order valence-corrected chi connectivity index (χ0v) is 12.7. The number of hydrogen-bond donors (Lipinski definition) is 2. The first-order valence-corrected chi connectivity index (χ1v) is 7.63. The number of aromatic nitrogens is 1. The van der Waals surface area contributed by atoms with Crippen molar-refractivity contribution >= 4 is 23.1 Å². The van der Waals surface area contributed by atoms with Gasteiger partial charge in [-0.2, -0.15) is 13.2 Å². The van der Waals surface area contributed by atoms with Crippen molar-refractivity contribution in [3.63, 3.8) is 0 Å². The van der Waals surface area contributed by atoms with Crippen LogP contribution in [0.15, 0.2) is 42.6 Å². The van der Waals surface area contributed by atoms with Crippen LogP contribution in [0, 0.1) is 5.92 Å². The lowest BCUT2D eigenvalue weighted by Gasteiger charge is -2.23. The molecule has 1 saturated carbocycles. The number of hydrogen-bond acceptors (Lipinski definition) is 3. The fraction of sp³-hybridized carbons (Fsp3) is 0.294. The summed E-state index contributed by atoms with van der Waals surface area (Å²) in [5, 5.41) is 5.42. The SMILES string of the molecule is O=C(Nc1ccc(Nc2ccccc2C(F)(F)F)cn1)C1CCC1. The Morgan fingerprint density at radius 3 is 2.46 bits per heavy atom. The van der Waals surface area contributed by atoms with Gasteiger partial charge < -0.3 is 10.6 Å². The molecule has 0 unspecified atom stereocenters. The van der Waals surface area contributed by atoms with Gasteiger partial charge in [-0.3, -0.25) is 4.79 Å². The van der Waals surface area contributed by atoms with Gasteiger partial charge in [-0.15, -0.1) is 0 Å². The number of carbonyl (C=O) groups is 1. The van der Waals surface area contributed by atoms with Gasteiger partial charge in [0.15, 0.2) is 0 Å². The normalized spacial score (nSPS) is 14.8. The van der Waals surface area contributed by atoms with E-state index < -0.39 is 11.7 Å². The maximum atomic E-state index is 13.0. The maximum Gasteiger partial charge on any atom is 0.418 e. The molecule has 0 radical (unpaired) electrons. The Balaban J connectivity index is 1.69. The molecule has 0 spiro atoms. The Bertz CT molecular complexity index is 725. The highest BCUT2D eigenvalue weighted by molar-refractivity contribution is 5.92. The number of anilines is 3. The molecule has 2 N–H and O–H groups in total. The molecule has 0 saturated heterocycles. The molecule has 1 fully saturated rings. The molecular formula is C17H16F3N3O. The fourth-order valence-electron chi connectivity index (χ4n) is 2.44. The zero-order valence-electron chi connectivity index (χ0n) is 12.7. The van der Waals surface area contributed by atoms with E-state index in [2.05, 4.69) is 15.6 Å². The number of carbonyl (C=O) groups excluding carboxylic acids is 1. The Labute approximate surface area is 137 Å². The first-order valence-electron chi connectivity index (χ1n) is 7.63. The van der Waals surface area contributed by atoms with E-state index in [1.165, 1.54) is 24.4 Å². The van der Waals surface area contributed by atoms with Gasteiger partial charge in [0.1, 0.15) is 5.82 Å². The summed E-state index contributed by atoms with van der Waals surface area (Å²) in [4.78, 5) is 15.9. The van der Waals surface area contributed by atoms with Crippen LogP contribution in [0.1, 0.15) is 24.8 Å². The second-order valence-corrected chi connectivity index (χ2v) is 5.72. The molecule has 1 aromatic carbocycles. The predicted octanol–water partition coefficient (Wildman–Crippen LogP) is 4.58. The van der Waals surface area contributed by atoms with E-state index in [1.54, 1.807) is 12.1 Å². The molecule has 1 heterocycles. The van der Waals surface area contributed by atoms with Crippen molar-refractivity contribution in [1.29, 1.82) is 0 Å². The number of nitrogens with one attached hydrogen (secondary N) is 2. The van der Waals surface area contributed by atoms with Crippen molar-refractivity contribution in [1.82, 2.24) is 4.98 Å². The molecule has 2 aromatic rings. The quantitative estimate of drug-likeness (QED) is 0.860. The minimum absolute atomic E-state index is 0.0435. The minimum Gasteiger partial charge on any atom is -0.354 e. The number of halogens is 3. The topological polar surface area (TPSA) is 54.0 Å². The molecule has 0 atom stereocenters. The van der Waals surface area contributed by atoms with Crippen LogP contribution in [-0.4, -0.2) is 10.9 Å². The summed E-state index contributed by atoms with van der Waals surface area (Å²) in [5.41, 5.74) is -0.376. The summed E-state index contributed by atoms with van der Waals surface area (Å²) in [6.45, 7) is 0. The lowest BCUT2D eigenvalue weighted by Crippen LogP contribution is -2.28. The largest absolute Gasteiger partial charge is 0.418 e. The highest BCUT2D eigenvalue weighted by Crippen LogP contribution is 2.35. The molecule has 1 aliphatic rings. The molecule has 1 amide bonds. The summed E-state index contributed by atoms with van der Waals surface area (Å²) >= 11 is 0. The number of benzene rings is 1. The van der Waals surface area contributed by atoms with Crippen LogP contribution in [0.25, 0.3) is 0 Å². The number of alkyl halides is 3. The van der Waals surface area contributed by atoms with Gasteiger partial charge in [0, 0.05) is 5.92 Å². The number of pyridine rings is 1. The Morgan fingerprint density at radius 1 is 1.12 bits per heavy atom. The van der Waals surface area contributed by atoms with E-state index in [4.69, 9.17) is 0 Å². The van der Waals surface area contributed by atoms with Crippen LogP contribution >= 0.6 is 0 Å². The van der Waals surface area contributed by atoms with Crippen molar-refractivity contribution in [2.75, 3.05) is 10.6 Å². The van der Waals surface area contributed by atoms with Crippen LogP contribution in [0.5, 0.6) is 0 Å². The van der Waals surface area contributed by atoms with E-state index in [-0.39, 0.29) is 17.5 Å². The molecule has 7 heteroatoms. The zero-order chi connectivity index (χ0) is 17.2. The summed E-state index contributed by atoms with van der Waals surface area (Å²) in [6.07, 6.45) is -0.205. The minimum atomic E-state index is -4.44. The van der Waals surface area contributed by atoms with Gasteiger partial charge in [-0.05, 0) is 37.1 Å². The van der Waals surface area contributed by atoms with Gasteiger partial charge in [-0.1, -0.05) is 18.6 Å². The van der Waals surface area contributed by atoms with Gasteiger partial charge in [0.05, 0.1) is 23.1 Å². The molecule has 4 nitrogen and oxygen atoms in total. The molecule has 24 heavy (non-hydrogen) atoms. The second-order valence-electron chi connectivity index (χ2n) is 5.72. The third kappa shape index (κ3) is 3.67. The van der Waals surface area contributed by atoms with Crippen molar-refractivity contribution in [2.24, 2.45) is 5.92 Å². The van der Waals surface area contributed by atoms with Gasteiger partial charge in [0.2, 0.25) is 5.91 Å². The Kier molecular flexibility index (Phi) is 4.42. The predicted molar refractivity (Wildman–Crippen MR) is 84.9 cm³/mol. The molecule has 1 aromatic heterocycles. The van der Waals surface area contributed by atoms with Gasteiger partial charge in [-0.25, -0.2) is 4.98 Å². The number of nitrogens with zero attached hydrogens (tertiary/aromatic N) is 1. The van der Waals surface area contributed by atoms with Crippen LogP contribution < -0.4 is 10.6 Å². The highest BCUT2D eigenvalue weighted by atomic mass is 19.4. The fourth-order valence-corrected chi connectivity index (χ4v) is 2.44. The number of rotatable bonds is 4. The van der Waals surface area contributed by atoms with E-state index in [0.717, 1.165) is 25.3 Å². The molecule has 1 aliphatic carbocycles. The standard InChI is InChI=1S/C17H16F3N3O/c18-17(19,20)13-6-1-2-7-14(13)22-12-8-9-15(21-10-12)23-16(24)11-4-3-5-11/h1-2,6-11,22H,3-5H2,(H,21,23,24). The van der Waals surface area contributed by atoms with Gasteiger partial charge in [0.25, 0.3) is 0 Å². The molecule has 3 rings (SSSR count). The molecule has 0 bridgehead atoms. The van der Waals surface area contributed by atoms with E-state index >= 15 is 0 Å². The third-order valence-electron chi connectivity index (χ3n) is 4.00. The smallest absolute Gasteiger partial charge is 0.354 e. The summed E-state index contributed by atoms with van der Waals surface area (Å²) in [5.74, 6) is 0.377. The monoisotopic (exact) mass is 335 g/mol. The van der Waals surface area contributed by atoms with Crippen LogP contribution in [-0.2, 0) is 11.0 Å². The molecular weight excluding hydrogens is 319 g/mol. The average Bonchev–Trinajstić information content (AvgIpc) is 2.47. The summed E-state index contributed by atoms with van der Waals surface area (Å²) < 4.78 is 38.9. The molecule has 0 aliphatic heterocycles. The van der Waals surface area contributed by atoms with Gasteiger partial charge >= 0.3 is 6.18 Å². The van der Waals surface area contributed by atoms with Crippen LogP contribution in [0.3, 0.4) is 0 Å². The summed E-state index contributed by atoms with van der Waals surface area (Å²) in [6, 6.07) is 8.38. The Hall–Kier alpha value is -2.57. The first kappa shape index (κ1) is 16.3. The van der Waals surface area contributed by atoms with Crippen molar-refractivity contribution < 1.29 is 18.0 Å². The van der Waals surface area contributed by atoms with E-state index in [9.17, 15) is 18.0 Å². The average molecular weight is 335 g/mol. The maximum absolute atomic E-state index is 13.0. The van der Waals surface area contributed by atoms with Crippen LogP contribution in [0.2, 0.25) is 0 Å². The van der Waals surface area contributed by atoms with Crippen molar-refractivity contribution in [2.45, 2.75) is 25.4 Å². The van der Waals surface area contributed by atoms with Crippen molar-refractivity contribution in [3.8, 4) is 0 Å². The van der Waals surface area contributed by atoms with Crippen molar-refractivity contribution in [3.05, 3.63) is 48.2 Å².